The fraction of sp³-hybridized carbons (Fsp3) is 0.556. The first-order valence-electron chi connectivity index (χ1n) is 4.12. The predicted molar refractivity (Wildman–Crippen MR) is 46.4 cm³/mol. The summed E-state index contributed by atoms with van der Waals surface area (Å²) < 4.78 is 5.28. The molecule has 1 rings (SSSR count). The van der Waals surface area contributed by atoms with Crippen molar-refractivity contribution in [3.05, 3.63) is 23.7 Å². The molecular formula is C9H15NO2. The molecule has 3 N–H and O–H groups in total. The molecule has 1 atom stereocenters. The summed E-state index contributed by atoms with van der Waals surface area (Å²) in [6, 6.07) is 3.56. The molecule has 0 saturated carbocycles. The fourth-order valence-corrected chi connectivity index (χ4v) is 0.992. The molecule has 0 spiro atoms. The van der Waals surface area contributed by atoms with Gasteiger partial charge >= 0.3 is 0 Å². The molecule has 68 valence electrons. The molecule has 0 aliphatic heterocycles. The molecule has 3 nitrogen and oxygen atoms in total. The molecule has 0 fully saturated rings. The first kappa shape index (κ1) is 9.29. The average Bonchev–Trinajstić information content (AvgIpc) is 2.50. The Morgan fingerprint density at radius 2 is 2.17 bits per heavy atom. The Hall–Kier alpha value is -0.800. The van der Waals surface area contributed by atoms with Crippen LogP contribution in [0.2, 0.25) is 0 Å². The molecular weight excluding hydrogens is 154 g/mol. The number of nitrogens with two attached hydrogens (primary N) is 1. The Balaban J connectivity index is 2.74. The van der Waals surface area contributed by atoms with Gasteiger partial charge in [0.15, 0.2) is 0 Å². The highest BCUT2D eigenvalue weighted by atomic mass is 16.4. The van der Waals surface area contributed by atoms with E-state index in [0.29, 0.717) is 18.1 Å². The Morgan fingerprint density at radius 3 is 2.58 bits per heavy atom. The molecule has 3 heteroatoms. The van der Waals surface area contributed by atoms with Gasteiger partial charge in [0.2, 0.25) is 0 Å². The number of hydrogen-bond donors (Lipinski definition) is 2. The minimum Gasteiger partial charge on any atom is -0.462 e. The zero-order valence-electron chi connectivity index (χ0n) is 7.45. The lowest BCUT2D eigenvalue weighted by atomic mass is 10.1. The van der Waals surface area contributed by atoms with Crippen LogP contribution in [0.15, 0.2) is 16.5 Å². The zero-order chi connectivity index (χ0) is 9.14. The van der Waals surface area contributed by atoms with Gasteiger partial charge in [-0.2, -0.15) is 0 Å². The lowest BCUT2D eigenvalue weighted by molar-refractivity contribution is 0.101. The van der Waals surface area contributed by atoms with E-state index < -0.39 is 6.10 Å². The molecule has 1 aromatic heterocycles. The monoisotopic (exact) mass is 169 g/mol. The summed E-state index contributed by atoms with van der Waals surface area (Å²) in [6.07, 6.45) is -0.523. The van der Waals surface area contributed by atoms with Gasteiger partial charge in [0.25, 0.3) is 0 Å². The zero-order valence-corrected chi connectivity index (χ0v) is 7.45. The van der Waals surface area contributed by atoms with Crippen LogP contribution in [0.4, 0.5) is 0 Å². The molecule has 12 heavy (non-hydrogen) atoms. The van der Waals surface area contributed by atoms with Gasteiger partial charge in [-0.05, 0) is 18.1 Å². The van der Waals surface area contributed by atoms with E-state index >= 15 is 0 Å². The third-order valence-corrected chi connectivity index (χ3v) is 1.81. The summed E-state index contributed by atoms with van der Waals surface area (Å²) in [5, 5.41) is 9.57. The van der Waals surface area contributed by atoms with Gasteiger partial charge in [-0.3, -0.25) is 0 Å². The van der Waals surface area contributed by atoms with Gasteiger partial charge in [-0.15, -0.1) is 0 Å². The van der Waals surface area contributed by atoms with Crippen molar-refractivity contribution < 1.29 is 9.52 Å². The van der Waals surface area contributed by atoms with Crippen LogP contribution in [0.25, 0.3) is 0 Å². The van der Waals surface area contributed by atoms with Crippen LogP contribution in [-0.2, 0) is 6.54 Å². The van der Waals surface area contributed by atoms with E-state index in [2.05, 4.69) is 0 Å². The molecule has 0 saturated heterocycles. The number of furan rings is 1. The van der Waals surface area contributed by atoms with Crippen molar-refractivity contribution in [2.45, 2.75) is 26.5 Å². The van der Waals surface area contributed by atoms with Crippen molar-refractivity contribution >= 4 is 0 Å². The van der Waals surface area contributed by atoms with Crippen LogP contribution < -0.4 is 5.73 Å². The smallest absolute Gasteiger partial charge is 0.133 e. The summed E-state index contributed by atoms with van der Waals surface area (Å²) in [7, 11) is 0. The van der Waals surface area contributed by atoms with Gasteiger partial charge < -0.3 is 15.3 Å². The second-order valence-corrected chi connectivity index (χ2v) is 3.20. The van der Waals surface area contributed by atoms with E-state index in [1.165, 1.54) is 0 Å². The molecule has 1 aromatic rings. The van der Waals surface area contributed by atoms with Crippen molar-refractivity contribution in [3.63, 3.8) is 0 Å². The van der Waals surface area contributed by atoms with Crippen molar-refractivity contribution in [1.82, 2.24) is 0 Å². The van der Waals surface area contributed by atoms with Crippen molar-refractivity contribution in [1.29, 1.82) is 0 Å². The highest BCUT2D eigenvalue weighted by molar-refractivity contribution is 5.09. The van der Waals surface area contributed by atoms with Crippen molar-refractivity contribution in [2.24, 2.45) is 11.7 Å². The number of aliphatic hydroxyl groups is 1. The molecule has 0 radical (unpaired) electrons. The normalized spacial score (nSPS) is 13.8. The van der Waals surface area contributed by atoms with E-state index in [1.807, 2.05) is 13.8 Å². The van der Waals surface area contributed by atoms with Crippen LogP contribution in [-0.4, -0.2) is 5.11 Å². The summed E-state index contributed by atoms with van der Waals surface area (Å²) in [5.74, 6) is 1.48. The van der Waals surface area contributed by atoms with Crippen LogP contribution >= 0.6 is 0 Å². The molecule has 0 bridgehead atoms. The summed E-state index contributed by atoms with van der Waals surface area (Å²) in [4.78, 5) is 0. The first-order valence-corrected chi connectivity index (χ1v) is 4.12. The van der Waals surface area contributed by atoms with Crippen molar-refractivity contribution in [2.75, 3.05) is 0 Å². The van der Waals surface area contributed by atoms with Gasteiger partial charge in [-0.25, -0.2) is 0 Å². The Bertz CT molecular complexity index is 242. The van der Waals surface area contributed by atoms with E-state index in [-0.39, 0.29) is 5.92 Å². The maximum absolute atomic E-state index is 9.57. The lowest BCUT2D eigenvalue weighted by Gasteiger charge is -2.10. The topological polar surface area (TPSA) is 59.4 Å². The number of aliphatic hydroxyl groups excluding tert-OH is 1. The minimum absolute atomic E-state index is 0.168. The molecule has 0 aliphatic carbocycles. The Kier molecular flexibility index (Phi) is 2.89. The largest absolute Gasteiger partial charge is 0.462 e. The summed E-state index contributed by atoms with van der Waals surface area (Å²) >= 11 is 0. The van der Waals surface area contributed by atoms with Gasteiger partial charge in [0.1, 0.15) is 17.6 Å². The molecule has 1 unspecified atom stereocenters. The van der Waals surface area contributed by atoms with Crippen LogP contribution in [0, 0.1) is 5.92 Å². The van der Waals surface area contributed by atoms with Crippen LogP contribution in [0.3, 0.4) is 0 Å². The van der Waals surface area contributed by atoms with E-state index in [1.54, 1.807) is 12.1 Å². The van der Waals surface area contributed by atoms with Crippen LogP contribution in [0.1, 0.15) is 31.5 Å². The van der Waals surface area contributed by atoms with Crippen molar-refractivity contribution in [3.8, 4) is 0 Å². The number of rotatable bonds is 3. The minimum atomic E-state index is -0.523. The molecule has 1 heterocycles. The third-order valence-electron chi connectivity index (χ3n) is 1.81. The number of hydrogen-bond acceptors (Lipinski definition) is 3. The highest BCUT2D eigenvalue weighted by Crippen LogP contribution is 2.22. The van der Waals surface area contributed by atoms with E-state index in [4.69, 9.17) is 10.2 Å². The maximum atomic E-state index is 9.57. The molecule has 0 aromatic carbocycles. The lowest BCUT2D eigenvalue weighted by Crippen LogP contribution is -2.03. The average molecular weight is 169 g/mol. The SMILES string of the molecule is CC(C)C(O)c1ccc(CN)o1. The second-order valence-electron chi connectivity index (χ2n) is 3.20. The Morgan fingerprint density at radius 1 is 1.50 bits per heavy atom. The summed E-state index contributed by atoms with van der Waals surface area (Å²) in [5.41, 5.74) is 5.36. The Labute approximate surface area is 72.2 Å². The molecule has 0 amide bonds. The van der Waals surface area contributed by atoms with E-state index in [9.17, 15) is 5.11 Å². The quantitative estimate of drug-likeness (QED) is 0.719. The molecule has 0 aliphatic rings. The highest BCUT2D eigenvalue weighted by Gasteiger charge is 2.15. The summed E-state index contributed by atoms with van der Waals surface area (Å²) in [6.45, 7) is 4.26. The van der Waals surface area contributed by atoms with E-state index in [0.717, 1.165) is 0 Å². The third kappa shape index (κ3) is 1.87. The van der Waals surface area contributed by atoms with Crippen LogP contribution in [0.5, 0.6) is 0 Å². The maximum Gasteiger partial charge on any atom is 0.133 e. The standard InChI is InChI=1S/C9H15NO2/c1-6(2)9(11)8-4-3-7(5-10)12-8/h3-4,6,9,11H,5,10H2,1-2H3. The second kappa shape index (κ2) is 3.74. The van der Waals surface area contributed by atoms with Gasteiger partial charge in [-0.1, -0.05) is 13.8 Å². The van der Waals surface area contributed by atoms with Gasteiger partial charge in [0.05, 0.1) is 6.54 Å². The fourth-order valence-electron chi connectivity index (χ4n) is 0.992. The first-order chi connectivity index (χ1) is 5.65. The predicted octanol–water partition coefficient (Wildman–Crippen LogP) is 1.43. The van der Waals surface area contributed by atoms with Gasteiger partial charge in [0, 0.05) is 0 Å².